The van der Waals surface area contributed by atoms with E-state index in [0.717, 1.165) is 44.3 Å². The molecule has 1 aromatic heterocycles. The highest BCUT2D eigenvalue weighted by atomic mass is 32.1. The van der Waals surface area contributed by atoms with Crippen LogP contribution in [-0.4, -0.2) is 50.2 Å². The molecule has 1 atom stereocenters. The average Bonchev–Trinajstić information content (AvgIpc) is 3.56. The molecule has 0 spiro atoms. The second-order valence-electron chi connectivity index (χ2n) is 8.48. The summed E-state index contributed by atoms with van der Waals surface area (Å²) < 4.78 is 0. The topological polar surface area (TPSA) is 55.8 Å². The van der Waals surface area contributed by atoms with Gasteiger partial charge in [0.15, 0.2) is 11.1 Å². The van der Waals surface area contributed by atoms with Gasteiger partial charge < -0.3 is 20.4 Å². The zero-order valence-electron chi connectivity index (χ0n) is 18.9. The number of aromatic nitrogens is 1. The molecular formula is C24H36N6S. The van der Waals surface area contributed by atoms with Crippen molar-refractivity contribution in [2.45, 2.75) is 52.0 Å². The Hall–Kier alpha value is -2.28. The number of rotatable bonds is 8. The Bertz CT molecular complexity index is 851. The molecule has 0 radical (unpaired) electrons. The molecule has 2 aromatic rings. The molecule has 7 heteroatoms. The molecule has 168 valence electrons. The van der Waals surface area contributed by atoms with Crippen LogP contribution in [0.25, 0.3) is 0 Å². The average molecular weight is 441 g/mol. The maximum atomic E-state index is 4.82. The van der Waals surface area contributed by atoms with Crippen LogP contribution < -0.4 is 20.4 Å². The van der Waals surface area contributed by atoms with Crippen molar-refractivity contribution in [1.29, 1.82) is 0 Å². The van der Waals surface area contributed by atoms with Gasteiger partial charge in [-0.15, -0.1) is 11.3 Å². The smallest absolute Gasteiger partial charge is 0.191 e. The van der Waals surface area contributed by atoms with Crippen LogP contribution in [0.4, 0.5) is 10.8 Å². The normalized spacial score (nSPS) is 17.9. The van der Waals surface area contributed by atoms with Crippen LogP contribution in [0.1, 0.15) is 56.8 Å². The minimum absolute atomic E-state index is 0.196. The molecule has 4 rings (SSSR count). The summed E-state index contributed by atoms with van der Waals surface area (Å²) in [5.41, 5.74) is 3.78. The van der Waals surface area contributed by atoms with Crippen molar-refractivity contribution in [2.75, 3.05) is 49.1 Å². The third-order valence-corrected chi connectivity index (χ3v) is 7.04. The summed E-state index contributed by atoms with van der Waals surface area (Å²) in [5.74, 6) is 0.872. The molecule has 0 aliphatic carbocycles. The Labute approximate surface area is 190 Å². The van der Waals surface area contributed by atoms with Crippen molar-refractivity contribution in [2.24, 2.45) is 4.99 Å². The molecule has 2 fully saturated rings. The first kappa shape index (κ1) is 21.9. The second kappa shape index (κ2) is 10.8. The van der Waals surface area contributed by atoms with E-state index in [1.807, 2.05) is 0 Å². The van der Waals surface area contributed by atoms with Crippen LogP contribution in [0.2, 0.25) is 0 Å². The summed E-state index contributed by atoms with van der Waals surface area (Å²) in [6, 6.07) is 9.12. The van der Waals surface area contributed by atoms with E-state index in [1.165, 1.54) is 55.2 Å². The molecule has 1 unspecified atom stereocenters. The number of benzene rings is 1. The predicted octanol–water partition coefficient (Wildman–Crippen LogP) is 4.20. The number of thiazole rings is 1. The van der Waals surface area contributed by atoms with Gasteiger partial charge in [0.1, 0.15) is 0 Å². The van der Waals surface area contributed by atoms with Crippen LogP contribution in [0.5, 0.6) is 0 Å². The largest absolute Gasteiger partial charge is 0.372 e. The van der Waals surface area contributed by atoms with E-state index in [1.54, 1.807) is 11.3 Å². The van der Waals surface area contributed by atoms with Crippen molar-refractivity contribution >= 4 is 28.1 Å². The number of nitrogens with zero attached hydrogens (tertiary/aromatic N) is 4. The molecule has 31 heavy (non-hydrogen) atoms. The van der Waals surface area contributed by atoms with E-state index >= 15 is 0 Å². The highest BCUT2D eigenvalue weighted by Gasteiger charge is 2.16. The van der Waals surface area contributed by atoms with Gasteiger partial charge in [-0.25, -0.2) is 4.98 Å². The lowest BCUT2D eigenvalue weighted by Crippen LogP contribution is -2.39. The van der Waals surface area contributed by atoms with Crippen LogP contribution >= 0.6 is 11.3 Å². The van der Waals surface area contributed by atoms with Crippen molar-refractivity contribution in [1.82, 2.24) is 15.6 Å². The summed E-state index contributed by atoms with van der Waals surface area (Å²) in [6.07, 6.45) is 6.05. The number of hydrogen-bond acceptors (Lipinski definition) is 5. The minimum atomic E-state index is 0.196. The Morgan fingerprint density at radius 1 is 1.13 bits per heavy atom. The summed E-state index contributed by atoms with van der Waals surface area (Å²) in [5, 5.41) is 10.3. The number of nitrogens with one attached hydrogen (secondary N) is 2. The molecule has 2 saturated heterocycles. The fourth-order valence-corrected chi connectivity index (χ4v) is 5.24. The second-order valence-corrected chi connectivity index (χ2v) is 9.32. The Balaban J connectivity index is 1.33. The van der Waals surface area contributed by atoms with Gasteiger partial charge in [0.05, 0.1) is 11.7 Å². The number of anilines is 2. The van der Waals surface area contributed by atoms with Crippen LogP contribution in [0.3, 0.4) is 0 Å². The highest BCUT2D eigenvalue weighted by Crippen LogP contribution is 2.25. The molecule has 0 saturated carbocycles. The molecule has 0 bridgehead atoms. The fraction of sp³-hybridized carbons (Fsp3) is 0.583. The zero-order valence-corrected chi connectivity index (χ0v) is 19.8. The van der Waals surface area contributed by atoms with Gasteiger partial charge in [0, 0.05) is 56.8 Å². The van der Waals surface area contributed by atoms with E-state index in [0.29, 0.717) is 0 Å². The van der Waals surface area contributed by atoms with Gasteiger partial charge in [-0.3, -0.25) is 4.99 Å². The fourth-order valence-electron chi connectivity index (χ4n) is 4.32. The molecule has 3 heterocycles. The third-order valence-electron chi connectivity index (χ3n) is 6.09. The maximum Gasteiger partial charge on any atom is 0.191 e. The van der Waals surface area contributed by atoms with Crippen LogP contribution in [-0.2, 0) is 6.42 Å². The SMILES string of the molecule is CCNC(=NCCc1csc(N2CCCC2)n1)NC(C)c1cccc(N2CCCC2)c1. The lowest BCUT2D eigenvalue weighted by atomic mass is 10.1. The first-order valence-electron chi connectivity index (χ1n) is 11.8. The minimum Gasteiger partial charge on any atom is -0.372 e. The lowest BCUT2D eigenvalue weighted by Gasteiger charge is -2.22. The first-order chi connectivity index (χ1) is 15.2. The Morgan fingerprint density at radius 3 is 2.61 bits per heavy atom. The standard InChI is InChI=1S/C24H36N6S/c1-3-25-23(26-12-11-21-18-31-24(28-21)30-15-6-7-16-30)27-19(2)20-9-8-10-22(17-20)29-13-4-5-14-29/h8-10,17-19H,3-7,11-16H2,1-2H3,(H2,25,26,27). The summed E-state index contributed by atoms with van der Waals surface area (Å²) in [4.78, 5) is 14.5. The van der Waals surface area contributed by atoms with Gasteiger partial charge in [-0.2, -0.15) is 0 Å². The van der Waals surface area contributed by atoms with Crippen molar-refractivity contribution in [3.05, 3.63) is 40.9 Å². The third kappa shape index (κ3) is 5.91. The number of aliphatic imine (C=N–C) groups is 1. The molecule has 2 aliphatic rings. The quantitative estimate of drug-likeness (QED) is 0.476. The van der Waals surface area contributed by atoms with Gasteiger partial charge in [-0.1, -0.05) is 12.1 Å². The first-order valence-corrected chi connectivity index (χ1v) is 12.7. The zero-order chi connectivity index (χ0) is 21.5. The highest BCUT2D eigenvalue weighted by molar-refractivity contribution is 7.13. The summed E-state index contributed by atoms with van der Waals surface area (Å²) >= 11 is 1.77. The lowest BCUT2D eigenvalue weighted by molar-refractivity contribution is 0.685. The van der Waals surface area contributed by atoms with Crippen LogP contribution in [0.15, 0.2) is 34.6 Å². The van der Waals surface area contributed by atoms with E-state index in [4.69, 9.17) is 9.98 Å². The Morgan fingerprint density at radius 2 is 1.87 bits per heavy atom. The van der Waals surface area contributed by atoms with Crippen molar-refractivity contribution < 1.29 is 0 Å². The summed E-state index contributed by atoms with van der Waals surface area (Å²) in [6.45, 7) is 10.5. The van der Waals surface area contributed by atoms with Crippen molar-refractivity contribution in [3.63, 3.8) is 0 Å². The van der Waals surface area contributed by atoms with E-state index in [-0.39, 0.29) is 6.04 Å². The van der Waals surface area contributed by atoms with E-state index in [9.17, 15) is 0 Å². The van der Waals surface area contributed by atoms with E-state index < -0.39 is 0 Å². The van der Waals surface area contributed by atoms with Crippen LogP contribution in [0, 0.1) is 0 Å². The van der Waals surface area contributed by atoms with Crippen molar-refractivity contribution in [3.8, 4) is 0 Å². The maximum absolute atomic E-state index is 4.82. The van der Waals surface area contributed by atoms with E-state index in [2.05, 4.69) is 63.9 Å². The molecule has 2 aliphatic heterocycles. The molecule has 2 N–H and O–H groups in total. The molecular weight excluding hydrogens is 404 g/mol. The van der Waals surface area contributed by atoms with Gasteiger partial charge in [0.2, 0.25) is 0 Å². The molecule has 6 nitrogen and oxygen atoms in total. The molecule has 0 amide bonds. The monoisotopic (exact) mass is 440 g/mol. The van der Waals surface area contributed by atoms with Gasteiger partial charge in [-0.05, 0) is 57.2 Å². The van der Waals surface area contributed by atoms with Gasteiger partial charge in [0.25, 0.3) is 0 Å². The Kier molecular flexibility index (Phi) is 7.67. The van der Waals surface area contributed by atoms with Gasteiger partial charge >= 0.3 is 0 Å². The predicted molar refractivity (Wildman–Crippen MR) is 133 cm³/mol. The molecule has 1 aromatic carbocycles. The summed E-state index contributed by atoms with van der Waals surface area (Å²) in [7, 11) is 0. The number of guanidine groups is 1. The number of hydrogen-bond donors (Lipinski definition) is 2.